The molecule has 2 aromatic heterocycles. The lowest BCUT2D eigenvalue weighted by atomic mass is 10.2. The summed E-state index contributed by atoms with van der Waals surface area (Å²) in [5.74, 6) is 0.169. The summed E-state index contributed by atoms with van der Waals surface area (Å²) in [6.45, 7) is 0. The van der Waals surface area contributed by atoms with E-state index in [9.17, 15) is 14.4 Å². The van der Waals surface area contributed by atoms with Gasteiger partial charge in [-0.05, 0) is 30.3 Å². The predicted octanol–water partition coefficient (Wildman–Crippen LogP) is 2.35. The summed E-state index contributed by atoms with van der Waals surface area (Å²) < 4.78 is 7.50. The Kier molecular flexibility index (Phi) is 4.89. The average molecular weight is 402 g/mol. The summed E-state index contributed by atoms with van der Waals surface area (Å²) in [4.78, 5) is 42.4. The van der Waals surface area contributed by atoms with Gasteiger partial charge < -0.3 is 10.1 Å². The van der Waals surface area contributed by atoms with Crippen LogP contribution < -0.4 is 21.3 Å². The number of aromatic nitrogens is 3. The van der Waals surface area contributed by atoms with Gasteiger partial charge in [-0.25, -0.2) is 14.3 Å². The van der Waals surface area contributed by atoms with E-state index >= 15 is 0 Å². The van der Waals surface area contributed by atoms with E-state index in [-0.39, 0.29) is 16.6 Å². The van der Waals surface area contributed by atoms with Crippen molar-refractivity contribution in [1.82, 2.24) is 14.1 Å². The van der Waals surface area contributed by atoms with Gasteiger partial charge in [0.15, 0.2) is 5.65 Å². The third kappa shape index (κ3) is 3.35. The highest BCUT2D eigenvalue weighted by atomic mass is 16.5. The van der Waals surface area contributed by atoms with Crippen LogP contribution in [0.4, 0.5) is 5.69 Å². The molecule has 8 nitrogen and oxygen atoms in total. The number of nitrogens with one attached hydrogen (secondary N) is 1. The molecule has 0 spiro atoms. The Balaban J connectivity index is 1.82. The van der Waals surface area contributed by atoms with Crippen LogP contribution in [0.2, 0.25) is 0 Å². The Labute approximate surface area is 171 Å². The number of carbonyl (C=O) groups excluding carboxylic acids is 1. The van der Waals surface area contributed by atoms with Gasteiger partial charge in [-0.3, -0.25) is 14.2 Å². The Hall–Kier alpha value is -4.20. The minimum Gasteiger partial charge on any atom is -0.497 e. The first-order valence-corrected chi connectivity index (χ1v) is 9.12. The highest BCUT2D eigenvalue weighted by Crippen LogP contribution is 2.18. The van der Waals surface area contributed by atoms with Crippen molar-refractivity contribution in [1.29, 1.82) is 0 Å². The number of hydrogen-bond donors (Lipinski definition) is 1. The number of anilines is 1. The van der Waals surface area contributed by atoms with E-state index in [4.69, 9.17) is 4.74 Å². The van der Waals surface area contributed by atoms with E-state index < -0.39 is 17.2 Å². The van der Waals surface area contributed by atoms with Gasteiger partial charge in [-0.1, -0.05) is 24.3 Å². The van der Waals surface area contributed by atoms with Gasteiger partial charge in [0.2, 0.25) is 0 Å². The van der Waals surface area contributed by atoms with Gasteiger partial charge >= 0.3 is 5.69 Å². The summed E-state index contributed by atoms with van der Waals surface area (Å²) in [5, 5.41) is 2.92. The molecular weight excluding hydrogens is 384 g/mol. The molecule has 1 amide bonds. The molecule has 4 aromatic rings. The first kappa shape index (κ1) is 19.1. The van der Waals surface area contributed by atoms with Crippen LogP contribution in [0.1, 0.15) is 10.4 Å². The van der Waals surface area contributed by atoms with Crippen LogP contribution >= 0.6 is 0 Å². The van der Waals surface area contributed by atoms with E-state index in [0.717, 1.165) is 4.57 Å². The molecule has 0 bridgehead atoms. The predicted molar refractivity (Wildman–Crippen MR) is 114 cm³/mol. The highest BCUT2D eigenvalue weighted by molar-refractivity contribution is 6.05. The summed E-state index contributed by atoms with van der Waals surface area (Å²) >= 11 is 0. The number of amides is 1. The van der Waals surface area contributed by atoms with Gasteiger partial charge in [0.05, 0.1) is 23.7 Å². The maximum atomic E-state index is 12.7. The first-order valence-electron chi connectivity index (χ1n) is 9.12. The maximum Gasteiger partial charge on any atom is 0.337 e. The molecule has 0 aliphatic carbocycles. The molecule has 0 saturated carbocycles. The smallest absolute Gasteiger partial charge is 0.337 e. The van der Waals surface area contributed by atoms with Gasteiger partial charge in [-0.2, -0.15) is 0 Å². The molecule has 0 saturated heterocycles. The molecule has 0 unspecified atom stereocenters. The molecule has 2 aromatic carbocycles. The van der Waals surface area contributed by atoms with E-state index in [2.05, 4.69) is 10.3 Å². The average Bonchev–Trinajstić information content (AvgIpc) is 2.78. The molecule has 0 aliphatic rings. The van der Waals surface area contributed by atoms with E-state index in [1.807, 2.05) is 6.07 Å². The van der Waals surface area contributed by atoms with Gasteiger partial charge in [0.1, 0.15) is 5.75 Å². The highest BCUT2D eigenvalue weighted by Gasteiger charge is 2.16. The monoisotopic (exact) mass is 402 g/mol. The van der Waals surface area contributed by atoms with Crippen LogP contribution in [0.25, 0.3) is 16.7 Å². The van der Waals surface area contributed by atoms with Crippen LogP contribution in [0.3, 0.4) is 0 Å². The molecule has 0 radical (unpaired) electrons. The summed E-state index contributed by atoms with van der Waals surface area (Å²) in [5.41, 5.74) is 0.462. The number of fused-ring (bicyclic) bond motifs is 1. The number of rotatable bonds is 4. The second kappa shape index (κ2) is 7.67. The molecule has 150 valence electrons. The van der Waals surface area contributed by atoms with E-state index in [0.29, 0.717) is 17.1 Å². The summed E-state index contributed by atoms with van der Waals surface area (Å²) in [7, 11) is 2.93. The van der Waals surface area contributed by atoms with Gasteiger partial charge in [0, 0.05) is 25.0 Å². The standard InChI is InChI=1S/C22H18N4O4/c1-25-21(28)18-11-14(20(27)24-15-7-6-10-17(12-15)30-2)13-23-19(18)26(22(25)29)16-8-4-3-5-9-16/h3-13H,1-2H3,(H,24,27). The molecule has 0 aliphatic heterocycles. The zero-order chi connectivity index (χ0) is 21.3. The summed E-state index contributed by atoms with van der Waals surface area (Å²) in [6.07, 6.45) is 1.34. The second-order valence-electron chi connectivity index (χ2n) is 6.60. The normalized spacial score (nSPS) is 10.7. The van der Waals surface area contributed by atoms with Crippen LogP contribution in [-0.4, -0.2) is 27.1 Å². The quantitative estimate of drug-likeness (QED) is 0.565. The number of benzene rings is 2. The number of ether oxygens (including phenoxy) is 1. The molecule has 4 rings (SSSR count). The molecule has 1 N–H and O–H groups in total. The largest absolute Gasteiger partial charge is 0.497 e. The van der Waals surface area contributed by atoms with Crippen molar-refractivity contribution >= 4 is 22.6 Å². The molecular formula is C22H18N4O4. The van der Waals surface area contributed by atoms with Crippen molar-refractivity contribution in [3.05, 3.63) is 93.3 Å². The summed E-state index contributed by atoms with van der Waals surface area (Å²) in [6, 6.07) is 17.3. The third-order valence-electron chi connectivity index (χ3n) is 4.70. The van der Waals surface area contributed by atoms with Crippen molar-refractivity contribution in [2.75, 3.05) is 12.4 Å². The van der Waals surface area contributed by atoms with Gasteiger partial charge in [0.25, 0.3) is 11.5 Å². The number of carbonyl (C=O) groups is 1. The van der Waals surface area contributed by atoms with Crippen LogP contribution in [-0.2, 0) is 7.05 Å². The lowest BCUT2D eigenvalue weighted by molar-refractivity contribution is 0.102. The zero-order valence-corrected chi connectivity index (χ0v) is 16.3. The molecule has 30 heavy (non-hydrogen) atoms. The number of para-hydroxylation sites is 1. The Morgan fingerprint density at radius 2 is 1.80 bits per heavy atom. The van der Waals surface area contributed by atoms with Crippen LogP contribution in [0.15, 0.2) is 76.4 Å². The lowest BCUT2D eigenvalue weighted by Crippen LogP contribution is -2.38. The molecule has 8 heteroatoms. The third-order valence-corrected chi connectivity index (χ3v) is 4.70. The van der Waals surface area contributed by atoms with E-state index in [1.54, 1.807) is 48.5 Å². The van der Waals surface area contributed by atoms with E-state index in [1.165, 1.54) is 31.0 Å². The Morgan fingerprint density at radius 3 is 2.53 bits per heavy atom. The second-order valence-corrected chi connectivity index (χ2v) is 6.60. The number of nitrogens with zero attached hydrogens (tertiary/aromatic N) is 3. The number of pyridine rings is 1. The zero-order valence-electron chi connectivity index (χ0n) is 16.3. The fourth-order valence-electron chi connectivity index (χ4n) is 3.14. The van der Waals surface area contributed by atoms with Crippen molar-refractivity contribution < 1.29 is 9.53 Å². The van der Waals surface area contributed by atoms with Gasteiger partial charge in [-0.15, -0.1) is 0 Å². The fourth-order valence-corrected chi connectivity index (χ4v) is 3.14. The van der Waals surface area contributed by atoms with Crippen molar-refractivity contribution in [3.63, 3.8) is 0 Å². The van der Waals surface area contributed by atoms with Crippen LogP contribution in [0, 0.1) is 0 Å². The minimum absolute atomic E-state index is 0.166. The molecule has 2 heterocycles. The molecule has 0 fully saturated rings. The number of methoxy groups -OCH3 is 1. The maximum absolute atomic E-state index is 12.7. The van der Waals surface area contributed by atoms with Crippen molar-refractivity contribution in [2.45, 2.75) is 0 Å². The fraction of sp³-hybridized carbons (Fsp3) is 0.0909. The molecule has 0 atom stereocenters. The minimum atomic E-state index is -0.522. The SMILES string of the molecule is COc1cccc(NC(=O)c2cnc3c(c2)c(=O)n(C)c(=O)n3-c2ccccc2)c1. The van der Waals surface area contributed by atoms with Crippen molar-refractivity contribution in [3.8, 4) is 11.4 Å². The van der Waals surface area contributed by atoms with Crippen LogP contribution in [0.5, 0.6) is 5.75 Å². The lowest BCUT2D eigenvalue weighted by Gasteiger charge is -2.12. The topological polar surface area (TPSA) is 95.2 Å². The number of hydrogen-bond acceptors (Lipinski definition) is 5. The Morgan fingerprint density at radius 1 is 1.03 bits per heavy atom. The first-order chi connectivity index (χ1) is 14.5. The Bertz CT molecular complexity index is 1370. The van der Waals surface area contributed by atoms with Crippen molar-refractivity contribution in [2.24, 2.45) is 7.05 Å².